The number of nitrogens with zero attached hydrogens (tertiary/aromatic N) is 7. The molecule has 350 valence electrons. The summed E-state index contributed by atoms with van der Waals surface area (Å²) in [4.78, 5) is 73.6. The Morgan fingerprint density at radius 3 is 2.30 bits per heavy atom. The molecule has 1 atom stereocenters. The van der Waals surface area contributed by atoms with E-state index in [1.165, 1.54) is 13.2 Å². The highest BCUT2D eigenvalue weighted by molar-refractivity contribution is 7.90. The third-order valence-corrected chi connectivity index (χ3v) is 14.3. The monoisotopic (exact) mass is 947 g/mol. The van der Waals surface area contributed by atoms with Gasteiger partial charge in [0.25, 0.3) is 0 Å². The third-order valence-electron chi connectivity index (χ3n) is 12.7. The van der Waals surface area contributed by atoms with Gasteiger partial charge in [-0.05, 0) is 81.6 Å². The van der Waals surface area contributed by atoms with E-state index in [9.17, 15) is 27.6 Å². The first-order valence-electron chi connectivity index (χ1n) is 21.7. The zero-order chi connectivity index (χ0) is 46.0. The number of amides is 3. The van der Waals surface area contributed by atoms with Gasteiger partial charge in [-0.2, -0.15) is 12.7 Å². The Kier molecular flexibility index (Phi) is 14.6. The molecule has 5 aromatic rings. The molecule has 0 spiro atoms. The molecule has 3 aliphatic rings. The van der Waals surface area contributed by atoms with Crippen LogP contribution in [-0.2, 0) is 24.6 Å². The number of imide groups is 1. The largest absolute Gasteiger partial charge is 0.372 e. The number of aromatic amines is 1. The van der Waals surface area contributed by atoms with Crippen LogP contribution in [0.3, 0.4) is 0 Å². The summed E-state index contributed by atoms with van der Waals surface area (Å²) in [6.45, 7) is 4.85. The van der Waals surface area contributed by atoms with Crippen molar-refractivity contribution in [3.05, 3.63) is 95.7 Å². The fraction of sp³-hybridized carbons (Fsp3) is 0.400. The van der Waals surface area contributed by atoms with Crippen molar-refractivity contribution < 1.29 is 36.4 Å². The Balaban J connectivity index is 0.00000648. The summed E-state index contributed by atoms with van der Waals surface area (Å²) < 4.78 is 58.8. The second-order valence-electron chi connectivity index (χ2n) is 16.8. The van der Waals surface area contributed by atoms with Crippen LogP contribution in [-0.4, -0.2) is 131 Å². The zero-order valence-electron chi connectivity index (χ0n) is 36.7. The number of nitrogens with one attached hydrogen (secondary N) is 4. The number of H-pyrrole nitrogens is 1. The van der Waals surface area contributed by atoms with E-state index in [1.54, 1.807) is 31.6 Å². The van der Waals surface area contributed by atoms with E-state index in [4.69, 9.17) is 4.98 Å². The molecule has 4 N–H and O–H groups in total. The van der Waals surface area contributed by atoms with Crippen LogP contribution >= 0.6 is 12.4 Å². The highest BCUT2D eigenvalue weighted by Crippen LogP contribution is 2.32. The van der Waals surface area contributed by atoms with Gasteiger partial charge in [0, 0.05) is 105 Å². The maximum atomic E-state index is 15.6. The van der Waals surface area contributed by atoms with Crippen molar-refractivity contribution in [2.75, 3.05) is 68.3 Å². The number of pyridine rings is 3. The lowest BCUT2D eigenvalue weighted by atomic mass is 9.93. The molecule has 1 unspecified atom stereocenters. The Labute approximate surface area is 387 Å². The molecule has 3 fully saturated rings. The normalized spacial score (nSPS) is 17.5. The number of anilines is 3. The van der Waals surface area contributed by atoms with Gasteiger partial charge in [0.2, 0.25) is 23.5 Å². The number of carbonyl (C=O) groups is 4. The van der Waals surface area contributed by atoms with Crippen molar-refractivity contribution >= 4 is 74.3 Å². The van der Waals surface area contributed by atoms with Crippen molar-refractivity contribution in [1.29, 1.82) is 0 Å². The summed E-state index contributed by atoms with van der Waals surface area (Å²) in [5.41, 5.74) is 1.84. The number of benzene rings is 1. The van der Waals surface area contributed by atoms with Crippen LogP contribution in [0.4, 0.5) is 26.0 Å². The number of ketones is 1. The molecule has 4 aromatic heterocycles. The molecule has 3 aliphatic heterocycles. The zero-order valence-corrected chi connectivity index (χ0v) is 38.4. The van der Waals surface area contributed by atoms with E-state index in [-0.39, 0.29) is 54.2 Å². The van der Waals surface area contributed by atoms with Crippen molar-refractivity contribution in [2.45, 2.75) is 63.5 Å². The highest BCUT2D eigenvalue weighted by Gasteiger charge is 2.31. The summed E-state index contributed by atoms with van der Waals surface area (Å²) in [6.07, 6.45) is 10.4. The number of hydrogen-bond acceptors (Lipinski definition) is 12. The summed E-state index contributed by atoms with van der Waals surface area (Å²) in [5.74, 6) is -2.90. The maximum absolute atomic E-state index is 15.6. The predicted molar refractivity (Wildman–Crippen MR) is 248 cm³/mol. The number of likely N-dealkylation sites (N-methyl/N-ethyl adjacent to an activating group) is 1. The van der Waals surface area contributed by atoms with Gasteiger partial charge in [0.05, 0.1) is 29.7 Å². The molecule has 17 nitrogen and oxygen atoms in total. The second-order valence-corrected chi connectivity index (χ2v) is 18.5. The Bertz CT molecular complexity index is 2710. The molecule has 0 radical (unpaired) electrons. The first kappa shape index (κ1) is 47.9. The fourth-order valence-corrected chi connectivity index (χ4v) is 9.55. The number of aromatic nitrogens is 4. The summed E-state index contributed by atoms with van der Waals surface area (Å²) in [6, 6.07) is 10.9. The van der Waals surface area contributed by atoms with Crippen molar-refractivity contribution in [3.63, 3.8) is 0 Å². The predicted octanol–water partition coefficient (Wildman–Crippen LogP) is 5.08. The molecule has 66 heavy (non-hydrogen) atoms. The number of carbonyl (C=O) groups excluding carboxylic acids is 4. The second kappa shape index (κ2) is 20.2. The van der Waals surface area contributed by atoms with Crippen LogP contribution in [0.25, 0.3) is 22.2 Å². The van der Waals surface area contributed by atoms with Gasteiger partial charge in [-0.15, -0.1) is 12.4 Å². The van der Waals surface area contributed by atoms with E-state index >= 15 is 8.78 Å². The lowest BCUT2D eigenvalue weighted by molar-refractivity contribution is -0.134. The molecule has 0 bridgehead atoms. The molecule has 8 rings (SSSR count). The number of fused-ring (bicyclic) bond motifs is 1. The molecule has 3 amide bonds. The molecular weight excluding hydrogens is 896 g/mol. The molecule has 3 saturated heterocycles. The smallest absolute Gasteiger partial charge is 0.301 e. The van der Waals surface area contributed by atoms with Gasteiger partial charge in [0.15, 0.2) is 5.82 Å². The van der Waals surface area contributed by atoms with Crippen LogP contribution in [0.1, 0.15) is 73.0 Å². The topological polar surface area (TPSA) is 206 Å². The summed E-state index contributed by atoms with van der Waals surface area (Å²) >= 11 is 0. The Morgan fingerprint density at radius 1 is 0.894 bits per heavy atom. The van der Waals surface area contributed by atoms with Gasteiger partial charge in [-0.3, -0.25) is 39.1 Å². The molecule has 21 heteroatoms. The van der Waals surface area contributed by atoms with Crippen LogP contribution in [0.5, 0.6) is 0 Å². The van der Waals surface area contributed by atoms with E-state index in [2.05, 4.69) is 40.1 Å². The number of piperidine rings is 3. The van der Waals surface area contributed by atoms with Gasteiger partial charge in [0.1, 0.15) is 23.3 Å². The standard InChI is InChI=1S/C45H51F2N11O6S.ClH/c1-4-56(3)65(63,64)54-36-9-7-34(46)41(42(36)47)43(61)33-25-51-44-32(33)21-29(23-50-44)28-5-11-38(49-22-28)57-19-15-31(16-20-57)55(2)26-40(60)58-17-13-27(14-18-58)35-8-6-30(24-48-35)52-37-10-12-39(59)53-45(37)62;/h5-9,11,21-25,27,31,37,52,54H,4,10,12-20,26H2,1-3H3,(H,50,51)(H,53,59,62);1H. The van der Waals surface area contributed by atoms with Crippen LogP contribution in [0.2, 0.25) is 0 Å². The number of halogens is 3. The number of rotatable bonds is 14. The minimum atomic E-state index is -4.15. The number of likely N-dealkylation sites (tertiary alicyclic amines) is 1. The van der Waals surface area contributed by atoms with Crippen molar-refractivity contribution in [3.8, 4) is 11.1 Å². The summed E-state index contributed by atoms with van der Waals surface area (Å²) in [7, 11) is -0.845. The first-order chi connectivity index (χ1) is 31.2. The van der Waals surface area contributed by atoms with E-state index in [1.807, 2.05) is 36.2 Å². The van der Waals surface area contributed by atoms with Crippen LogP contribution < -0.4 is 20.3 Å². The molecule has 0 saturated carbocycles. The third kappa shape index (κ3) is 10.3. The highest BCUT2D eigenvalue weighted by atomic mass is 35.5. The fourth-order valence-electron chi connectivity index (χ4n) is 8.62. The average molecular weight is 948 g/mol. The minimum absolute atomic E-state index is 0. The lowest BCUT2D eigenvalue weighted by Crippen LogP contribution is -2.48. The average Bonchev–Trinajstić information content (AvgIpc) is 3.74. The minimum Gasteiger partial charge on any atom is -0.372 e. The summed E-state index contributed by atoms with van der Waals surface area (Å²) in [5, 5.41) is 5.84. The van der Waals surface area contributed by atoms with Crippen molar-refractivity contribution in [1.82, 2.24) is 39.4 Å². The van der Waals surface area contributed by atoms with Crippen LogP contribution in [0.15, 0.2) is 67.3 Å². The van der Waals surface area contributed by atoms with Crippen molar-refractivity contribution in [2.24, 2.45) is 0 Å². The quantitative estimate of drug-likeness (QED) is 0.0850. The SMILES string of the molecule is CCN(C)S(=O)(=O)Nc1ccc(F)c(C(=O)c2c[nH]c3ncc(-c4ccc(N5CCC(N(C)CC(=O)N6CCC(c7ccc(NC8CCC(=O)NC8=O)cn7)CC6)CC5)nc4)cc23)c1F.Cl. The molecule has 1 aromatic carbocycles. The van der Waals surface area contributed by atoms with Gasteiger partial charge in [-0.1, -0.05) is 6.92 Å². The first-order valence-corrected chi connectivity index (χ1v) is 23.1. The van der Waals surface area contributed by atoms with E-state index in [0.29, 0.717) is 54.6 Å². The lowest BCUT2D eigenvalue weighted by Gasteiger charge is -2.38. The molecular formula is C45H52ClF2N11O6S. The number of hydrogen-bond donors (Lipinski definition) is 4. The van der Waals surface area contributed by atoms with Gasteiger partial charge in [-0.25, -0.2) is 18.7 Å². The van der Waals surface area contributed by atoms with Crippen LogP contribution in [0, 0.1) is 11.6 Å². The molecule has 0 aliphatic carbocycles. The Hall–Kier alpha value is -6.09. The van der Waals surface area contributed by atoms with Gasteiger partial charge >= 0.3 is 10.2 Å². The molecule has 7 heterocycles. The van der Waals surface area contributed by atoms with E-state index in [0.717, 1.165) is 72.4 Å². The Morgan fingerprint density at radius 2 is 1.64 bits per heavy atom. The van der Waals surface area contributed by atoms with E-state index < -0.39 is 44.9 Å². The van der Waals surface area contributed by atoms with Gasteiger partial charge < -0.3 is 20.1 Å². The maximum Gasteiger partial charge on any atom is 0.301 e.